The summed E-state index contributed by atoms with van der Waals surface area (Å²) in [6.07, 6.45) is 6.81. The molecule has 0 aromatic heterocycles. The van der Waals surface area contributed by atoms with Crippen molar-refractivity contribution in [3.63, 3.8) is 0 Å². The molecule has 2 unspecified atom stereocenters. The van der Waals surface area contributed by atoms with E-state index in [0.29, 0.717) is 0 Å². The van der Waals surface area contributed by atoms with E-state index in [9.17, 15) is 0 Å². The van der Waals surface area contributed by atoms with Gasteiger partial charge in [0.1, 0.15) is 0 Å². The van der Waals surface area contributed by atoms with Gasteiger partial charge in [-0.2, -0.15) is 0 Å². The van der Waals surface area contributed by atoms with Gasteiger partial charge in [-0.15, -0.1) is 0 Å². The highest BCUT2D eigenvalue weighted by Gasteiger charge is 2.10. The lowest BCUT2D eigenvalue weighted by molar-refractivity contribution is 0.338. The zero-order chi connectivity index (χ0) is 10.8. The number of hydrogen-bond acceptors (Lipinski definition) is 1. The first-order valence-electron chi connectivity index (χ1n) is 6.43. The van der Waals surface area contributed by atoms with Crippen LogP contribution in [0.2, 0.25) is 0 Å². The molecule has 0 heterocycles. The van der Waals surface area contributed by atoms with Crippen molar-refractivity contribution in [2.75, 3.05) is 13.1 Å². The maximum absolute atomic E-state index is 3.51. The smallest absolute Gasteiger partial charge is 0.00206 e. The van der Waals surface area contributed by atoms with E-state index in [2.05, 4.69) is 33.0 Å². The highest BCUT2D eigenvalue weighted by molar-refractivity contribution is 4.64. The second-order valence-electron chi connectivity index (χ2n) is 4.65. The fourth-order valence-corrected chi connectivity index (χ4v) is 1.71. The van der Waals surface area contributed by atoms with E-state index >= 15 is 0 Å². The molecular weight excluding hydrogens is 170 g/mol. The van der Waals surface area contributed by atoms with Crippen LogP contribution in [0.1, 0.15) is 59.8 Å². The van der Waals surface area contributed by atoms with Crippen LogP contribution in [0.4, 0.5) is 0 Å². The van der Waals surface area contributed by atoms with Crippen LogP contribution in [-0.2, 0) is 0 Å². The van der Waals surface area contributed by atoms with E-state index in [0.717, 1.165) is 11.8 Å². The fraction of sp³-hybridized carbons (Fsp3) is 1.00. The molecule has 0 fully saturated rings. The molecule has 0 saturated carbocycles. The normalized spacial score (nSPS) is 15.4. The zero-order valence-corrected chi connectivity index (χ0v) is 10.6. The lowest BCUT2D eigenvalue weighted by Crippen LogP contribution is -2.25. The Morgan fingerprint density at radius 3 is 2.21 bits per heavy atom. The first kappa shape index (κ1) is 14.0. The van der Waals surface area contributed by atoms with E-state index in [4.69, 9.17) is 0 Å². The lowest BCUT2D eigenvalue weighted by atomic mass is 9.90. The first-order chi connectivity index (χ1) is 6.72. The molecule has 0 aliphatic heterocycles. The van der Waals surface area contributed by atoms with Crippen LogP contribution in [-0.4, -0.2) is 13.1 Å². The predicted molar refractivity (Wildman–Crippen MR) is 65.6 cm³/mol. The van der Waals surface area contributed by atoms with Gasteiger partial charge in [0.25, 0.3) is 0 Å². The molecule has 0 amide bonds. The molecule has 14 heavy (non-hydrogen) atoms. The van der Waals surface area contributed by atoms with Gasteiger partial charge >= 0.3 is 0 Å². The van der Waals surface area contributed by atoms with Crippen molar-refractivity contribution in [2.45, 2.75) is 59.8 Å². The average molecular weight is 199 g/mol. The van der Waals surface area contributed by atoms with Crippen LogP contribution < -0.4 is 5.32 Å². The summed E-state index contributed by atoms with van der Waals surface area (Å²) in [4.78, 5) is 0. The van der Waals surface area contributed by atoms with Gasteiger partial charge in [-0.3, -0.25) is 0 Å². The Morgan fingerprint density at radius 1 is 0.929 bits per heavy atom. The van der Waals surface area contributed by atoms with Gasteiger partial charge in [0, 0.05) is 0 Å². The van der Waals surface area contributed by atoms with Crippen molar-refractivity contribution in [1.82, 2.24) is 5.32 Å². The highest BCUT2D eigenvalue weighted by Crippen LogP contribution is 2.17. The van der Waals surface area contributed by atoms with Crippen LogP contribution in [0, 0.1) is 11.8 Å². The highest BCUT2D eigenvalue weighted by atomic mass is 14.8. The van der Waals surface area contributed by atoms with Gasteiger partial charge in [-0.1, -0.05) is 53.4 Å². The van der Waals surface area contributed by atoms with Crippen molar-refractivity contribution < 1.29 is 0 Å². The second-order valence-corrected chi connectivity index (χ2v) is 4.65. The molecule has 1 nitrogen and oxygen atoms in total. The van der Waals surface area contributed by atoms with Crippen LogP contribution in [0.15, 0.2) is 0 Å². The van der Waals surface area contributed by atoms with E-state index in [1.165, 1.54) is 45.2 Å². The SMILES string of the molecule is CCCCCC(C)C(C)CNCCC. The molecule has 1 N–H and O–H groups in total. The Kier molecular flexibility index (Phi) is 9.49. The predicted octanol–water partition coefficient (Wildman–Crippen LogP) is 3.84. The Labute approximate surface area is 90.7 Å². The van der Waals surface area contributed by atoms with Gasteiger partial charge in [0.05, 0.1) is 0 Å². The molecule has 0 rings (SSSR count). The molecule has 0 bridgehead atoms. The van der Waals surface area contributed by atoms with Crippen molar-refractivity contribution >= 4 is 0 Å². The largest absolute Gasteiger partial charge is 0.316 e. The summed E-state index contributed by atoms with van der Waals surface area (Å²) in [6.45, 7) is 11.6. The summed E-state index contributed by atoms with van der Waals surface area (Å²) in [6, 6.07) is 0. The van der Waals surface area contributed by atoms with E-state index in [-0.39, 0.29) is 0 Å². The molecule has 2 atom stereocenters. The molecular formula is C13H29N. The topological polar surface area (TPSA) is 12.0 Å². The Morgan fingerprint density at radius 2 is 1.64 bits per heavy atom. The Hall–Kier alpha value is -0.0400. The van der Waals surface area contributed by atoms with Crippen LogP contribution in [0.5, 0.6) is 0 Å². The molecule has 86 valence electrons. The Bertz CT molecular complexity index is 97.8. The van der Waals surface area contributed by atoms with E-state index in [1.54, 1.807) is 0 Å². The molecule has 1 heteroatoms. The standard InChI is InChI=1S/C13H29N/c1-5-7-8-9-12(3)13(4)11-14-10-6-2/h12-14H,5-11H2,1-4H3. The third kappa shape index (κ3) is 7.37. The third-order valence-electron chi connectivity index (χ3n) is 3.13. The Balaban J connectivity index is 3.39. The second kappa shape index (κ2) is 9.51. The monoisotopic (exact) mass is 199 g/mol. The van der Waals surface area contributed by atoms with Gasteiger partial charge < -0.3 is 5.32 Å². The molecule has 0 aliphatic rings. The summed E-state index contributed by atoms with van der Waals surface area (Å²) in [7, 11) is 0. The van der Waals surface area contributed by atoms with Gasteiger partial charge in [0.2, 0.25) is 0 Å². The summed E-state index contributed by atoms with van der Waals surface area (Å²) in [5, 5.41) is 3.51. The molecule has 0 aromatic carbocycles. The third-order valence-corrected chi connectivity index (χ3v) is 3.13. The minimum absolute atomic E-state index is 0.832. The molecule has 0 radical (unpaired) electrons. The van der Waals surface area contributed by atoms with E-state index < -0.39 is 0 Å². The summed E-state index contributed by atoms with van der Waals surface area (Å²) >= 11 is 0. The van der Waals surface area contributed by atoms with Crippen LogP contribution in [0.3, 0.4) is 0 Å². The number of hydrogen-bond donors (Lipinski definition) is 1. The average Bonchev–Trinajstić information content (AvgIpc) is 2.18. The maximum Gasteiger partial charge on any atom is -0.00206 e. The summed E-state index contributed by atoms with van der Waals surface area (Å²) in [5.41, 5.74) is 0. The quantitative estimate of drug-likeness (QED) is 0.556. The zero-order valence-electron chi connectivity index (χ0n) is 10.6. The van der Waals surface area contributed by atoms with Gasteiger partial charge in [-0.05, 0) is 31.3 Å². The number of unbranched alkanes of at least 4 members (excludes halogenated alkanes) is 2. The first-order valence-corrected chi connectivity index (χ1v) is 6.43. The van der Waals surface area contributed by atoms with E-state index in [1.807, 2.05) is 0 Å². The molecule has 0 spiro atoms. The lowest BCUT2D eigenvalue weighted by Gasteiger charge is -2.20. The van der Waals surface area contributed by atoms with Crippen molar-refractivity contribution in [3.8, 4) is 0 Å². The fourth-order valence-electron chi connectivity index (χ4n) is 1.71. The summed E-state index contributed by atoms with van der Waals surface area (Å²) in [5.74, 6) is 1.71. The number of rotatable bonds is 9. The molecule has 0 aliphatic carbocycles. The van der Waals surface area contributed by atoms with Crippen molar-refractivity contribution in [2.24, 2.45) is 11.8 Å². The minimum atomic E-state index is 0.832. The maximum atomic E-state index is 3.51. The summed E-state index contributed by atoms with van der Waals surface area (Å²) < 4.78 is 0. The molecule has 0 saturated heterocycles. The van der Waals surface area contributed by atoms with Gasteiger partial charge in [-0.25, -0.2) is 0 Å². The van der Waals surface area contributed by atoms with Gasteiger partial charge in [0.15, 0.2) is 0 Å². The van der Waals surface area contributed by atoms with Crippen molar-refractivity contribution in [3.05, 3.63) is 0 Å². The minimum Gasteiger partial charge on any atom is -0.316 e. The van der Waals surface area contributed by atoms with Crippen molar-refractivity contribution in [1.29, 1.82) is 0 Å². The number of nitrogens with one attached hydrogen (secondary N) is 1. The molecule has 0 aromatic rings. The van der Waals surface area contributed by atoms with Crippen LogP contribution >= 0.6 is 0 Å². The van der Waals surface area contributed by atoms with Crippen LogP contribution in [0.25, 0.3) is 0 Å².